The highest BCUT2D eigenvalue weighted by Gasteiger charge is 2.77. The normalized spacial score (nSPS) is 30.8. The molecule has 7 nitrogen and oxygen atoms in total. The van der Waals surface area contributed by atoms with Crippen LogP contribution in [0.5, 0.6) is 0 Å². The van der Waals surface area contributed by atoms with E-state index in [0.717, 1.165) is 51.4 Å². The number of fused-ring (bicyclic) bond motifs is 1. The van der Waals surface area contributed by atoms with E-state index in [1.807, 2.05) is 9.80 Å². The SMILES string of the molecule is C=CCN(C)C(=O)[C@H]1[C@H]2C(=O)N(CCCCCCO)C(C(=O)N(CC=C)C(C)CCC)C23CC[C@]1(C)S3. The van der Waals surface area contributed by atoms with Crippen molar-refractivity contribution >= 4 is 29.5 Å². The molecule has 0 aliphatic carbocycles. The van der Waals surface area contributed by atoms with Crippen molar-refractivity contribution in [2.75, 3.05) is 33.3 Å². The van der Waals surface area contributed by atoms with Crippen LogP contribution < -0.4 is 0 Å². The van der Waals surface area contributed by atoms with Crippen molar-refractivity contribution in [3.05, 3.63) is 25.3 Å². The number of hydrogen-bond donors (Lipinski definition) is 1. The average molecular weight is 534 g/mol. The summed E-state index contributed by atoms with van der Waals surface area (Å²) < 4.78 is -0.953. The summed E-state index contributed by atoms with van der Waals surface area (Å²) in [6.07, 6.45) is 10.2. The number of nitrogens with zero attached hydrogens (tertiary/aromatic N) is 3. The van der Waals surface area contributed by atoms with Gasteiger partial charge in [0.15, 0.2) is 0 Å². The summed E-state index contributed by atoms with van der Waals surface area (Å²) in [6.45, 7) is 15.5. The fraction of sp³-hybridized carbons (Fsp3) is 0.759. The van der Waals surface area contributed by atoms with Gasteiger partial charge in [-0.2, -0.15) is 0 Å². The minimum Gasteiger partial charge on any atom is -0.396 e. The molecule has 1 spiro atoms. The van der Waals surface area contributed by atoms with Crippen molar-refractivity contribution in [1.29, 1.82) is 0 Å². The van der Waals surface area contributed by atoms with E-state index in [9.17, 15) is 14.4 Å². The lowest BCUT2D eigenvalue weighted by Crippen LogP contribution is -2.56. The predicted molar refractivity (Wildman–Crippen MR) is 150 cm³/mol. The Hall–Kier alpha value is -1.80. The molecular weight excluding hydrogens is 486 g/mol. The second-order valence-electron chi connectivity index (χ2n) is 11.3. The molecule has 3 rings (SSSR count). The standard InChI is InChI=1S/C29H47N3O4S/c1-7-14-21(4)31(18-9-3)27(36)24-29-16-15-28(5,37-29)22(25(34)30(6)17-8-2)23(29)26(35)32(24)19-12-10-11-13-20-33/h8-9,21-24,33H,2-3,7,10-20H2,1,4-6H3/t21?,22-,23+,24?,28+,29?/m1/s1. The zero-order chi connectivity index (χ0) is 27.4. The van der Waals surface area contributed by atoms with Crippen molar-refractivity contribution < 1.29 is 19.5 Å². The molecule has 1 N–H and O–H groups in total. The largest absolute Gasteiger partial charge is 0.396 e. The number of aliphatic hydroxyl groups is 1. The van der Waals surface area contributed by atoms with E-state index in [1.54, 1.807) is 35.9 Å². The molecule has 0 saturated carbocycles. The van der Waals surface area contributed by atoms with Gasteiger partial charge < -0.3 is 19.8 Å². The van der Waals surface area contributed by atoms with Crippen LogP contribution >= 0.6 is 11.8 Å². The Morgan fingerprint density at radius 1 is 1.16 bits per heavy atom. The molecule has 0 aromatic carbocycles. The number of carbonyl (C=O) groups excluding carboxylic acids is 3. The van der Waals surface area contributed by atoms with Crippen molar-refractivity contribution in [1.82, 2.24) is 14.7 Å². The third kappa shape index (κ3) is 5.38. The summed E-state index contributed by atoms with van der Waals surface area (Å²) in [6, 6.07) is -0.528. The van der Waals surface area contributed by atoms with Gasteiger partial charge in [-0.05, 0) is 46.0 Å². The number of aliphatic hydroxyl groups excluding tert-OH is 1. The van der Waals surface area contributed by atoms with E-state index in [1.165, 1.54) is 0 Å². The molecule has 3 aliphatic heterocycles. The first-order valence-corrected chi connectivity index (χ1v) is 14.8. The van der Waals surface area contributed by atoms with Gasteiger partial charge in [-0.3, -0.25) is 14.4 Å². The van der Waals surface area contributed by atoms with E-state index in [2.05, 4.69) is 33.9 Å². The number of unbranched alkanes of at least 4 members (excludes halogenated alkanes) is 3. The number of rotatable bonds is 15. The van der Waals surface area contributed by atoms with Crippen LogP contribution in [0.25, 0.3) is 0 Å². The fourth-order valence-electron chi connectivity index (χ4n) is 6.95. The smallest absolute Gasteiger partial charge is 0.247 e. The topological polar surface area (TPSA) is 81.2 Å². The number of hydrogen-bond acceptors (Lipinski definition) is 5. The van der Waals surface area contributed by atoms with Crippen LogP contribution in [0, 0.1) is 11.8 Å². The lowest BCUT2D eigenvalue weighted by molar-refractivity contribution is -0.145. The Morgan fingerprint density at radius 3 is 2.46 bits per heavy atom. The third-order valence-electron chi connectivity index (χ3n) is 8.71. The molecule has 0 aromatic heterocycles. The first-order valence-electron chi connectivity index (χ1n) is 14.0. The van der Waals surface area contributed by atoms with Gasteiger partial charge >= 0.3 is 0 Å². The van der Waals surface area contributed by atoms with E-state index < -0.39 is 22.6 Å². The molecule has 0 aromatic rings. The molecule has 2 bridgehead atoms. The number of likely N-dealkylation sites (N-methyl/N-ethyl adjacent to an activating group) is 1. The highest BCUT2D eigenvalue weighted by Crippen LogP contribution is 2.71. The van der Waals surface area contributed by atoms with Gasteiger partial charge in [0.05, 0.1) is 16.6 Å². The van der Waals surface area contributed by atoms with Crippen LogP contribution in [0.2, 0.25) is 0 Å². The number of amides is 3. The minimum absolute atomic E-state index is 0.00338. The Balaban J connectivity index is 2.01. The first-order chi connectivity index (χ1) is 17.6. The molecule has 3 saturated heterocycles. The Labute approximate surface area is 227 Å². The van der Waals surface area contributed by atoms with Crippen molar-refractivity contribution in [2.24, 2.45) is 11.8 Å². The van der Waals surface area contributed by atoms with E-state index in [0.29, 0.717) is 19.6 Å². The maximum Gasteiger partial charge on any atom is 0.247 e. The highest BCUT2D eigenvalue weighted by atomic mass is 32.2. The molecule has 8 heteroatoms. The molecule has 3 amide bonds. The lowest BCUT2D eigenvalue weighted by atomic mass is 9.66. The Bertz CT molecular complexity index is 881. The molecule has 3 fully saturated rings. The number of likely N-dealkylation sites (tertiary alicyclic amines) is 1. The van der Waals surface area contributed by atoms with E-state index in [-0.39, 0.29) is 35.1 Å². The summed E-state index contributed by atoms with van der Waals surface area (Å²) >= 11 is 1.73. The van der Waals surface area contributed by atoms with Gasteiger partial charge in [0.1, 0.15) is 6.04 Å². The van der Waals surface area contributed by atoms with Crippen LogP contribution in [-0.4, -0.2) is 92.4 Å². The summed E-state index contributed by atoms with van der Waals surface area (Å²) in [5.41, 5.74) is 0. The predicted octanol–water partition coefficient (Wildman–Crippen LogP) is 3.87. The quantitative estimate of drug-likeness (QED) is 0.255. The summed E-state index contributed by atoms with van der Waals surface area (Å²) in [5, 5.41) is 9.14. The first kappa shape index (κ1) is 29.8. The molecule has 0 radical (unpaired) electrons. The maximum absolute atomic E-state index is 14.4. The summed E-state index contributed by atoms with van der Waals surface area (Å²) in [5.74, 6) is -0.998. The second-order valence-corrected chi connectivity index (χ2v) is 13.2. The van der Waals surface area contributed by atoms with Gasteiger partial charge in [-0.25, -0.2) is 0 Å². The number of carbonyl (C=O) groups is 3. The Morgan fingerprint density at radius 2 is 1.84 bits per heavy atom. The highest BCUT2D eigenvalue weighted by molar-refractivity contribution is 8.02. The van der Waals surface area contributed by atoms with Gasteiger partial charge in [0.2, 0.25) is 17.7 Å². The van der Waals surface area contributed by atoms with Crippen molar-refractivity contribution in [3.63, 3.8) is 0 Å². The van der Waals surface area contributed by atoms with Crippen LogP contribution in [0.3, 0.4) is 0 Å². The molecule has 3 aliphatic rings. The fourth-order valence-corrected chi connectivity index (χ4v) is 9.29. The van der Waals surface area contributed by atoms with Gasteiger partial charge in [0, 0.05) is 44.1 Å². The van der Waals surface area contributed by atoms with Crippen LogP contribution in [0.1, 0.15) is 72.1 Å². The van der Waals surface area contributed by atoms with E-state index in [4.69, 9.17) is 5.11 Å². The average Bonchev–Trinajstić information content (AvgIpc) is 3.42. The van der Waals surface area contributed by atoms with Gasteiger partial charge in [-0.15, -0.1) is 24.9 Å². The van der Waals surface area contributed by atoms with Gasteiger partial charge in [0.25, 0.3) is 0 Å². The van der Waals surface area contributed by atoms with Crippen LogP contribution in [0.15, 0.2) is 25.3 Å². The van der Waals surface area contributed by atoms with E-state index >= 15 is 0 Å². The minimum atomic E-state index is -0.589. The maximum atomic E-state index is 14.4. The monoisotopic (exact) mass is 533 g/mol. The van der Waals surface area contributed by atoms with Crippen molar-refractivity contribution in [3.8, 4) is 0 Å². The zero-order valence-corrected chi connectivity index (χ0v) is 24.1. The molecule has 208 valence electrons. The van der Waals surface area contributed by atoms with Crippen LogP contribution in [-0.2, 0) is 14.4 Å². The molecule has 3 heterocycles. The molecule has 3 unspecified atom stereocenters. The molecular formula is C29H47N3O4S. The Kier molecular flexibility index (Phi) is 9.95. The molecule has 6 atom stereocenters. The number of thioether (sulfide) groups is 1. The summed E-state index contributed by atoms with van der Waals surface area (Å²) in [4.78, 5) is 47.7. The molecule has 37 heavy (non-hydrogen) atoms. The lowest BCUT2D eigenvalue weighted by Gasteiger charge is -2.39. The zero-order valence-electron chi connectivity index (χ0n) is 23.3. The second kappa shape index (κ2) is 12.4. The third-order valence-corrected chi connectivity index (χ3v) is 10.7. The van der Waals surface area contributed by atoms with Crippen LogP contribution in [0.4, 0.5) is 0 Å². The summed E-state index contributed by atoms with van der Waals surface area (Å²) in [7, 11) is 1.77. The van der Waals surface area contributed by atoms with Gasteiger partial charge in [-0.1, -0.05) is 38.3 Å². The van der Waals surface area contributed by atoms with Crippen molar-refractivity contribution in [2.45, 2.75) is 93.7 Å².